The summed E-state index contributed by atoms with van der Waals surface area (Å²) in [6, 6.07) is 10.9. The van der Waals surface area contributed by atoms with Gasteiger partial charge in [0.05, 0.1) is 0 Å². The maximum atomic E-state index is 13.4. The number of aromatic amines is 1. The first-order chi connectivity index (χ1) is 12.4. The molecule has 0 aliphatic rings. The van der Waals surface area contributed by atoms with E-state index >= 15 is 0 Å². The van der Waals surface area contributed by atoms with Crippen molar-refractivity contribution >= 4 is 11.0 Å². The summed E-state index contributed by atoms with van der Waals surface area (Å²) in [5.41, 5.74) is 2.39. The van der Waals surface area contributed by atoms with Gasteiger partial charge in [-0.05, 0) is 24.3 Å². The largest absolute Gasteiger partial charge is 0.382 e. The maximum Gasteiger partial charge on any atom is 0.274 e. The van der Waals surface area contributed by atoms with Crippen molar-refractivity contribution in [1.82, 2.24) is 24.7 Å². The minimum Gasteiger partial charge on any atom is -0.382 e. The Balaban J connectivity index is 1.76. The average Bonchev–Trinajstić information content (AvgIpc) is 3.29. The van der Waals surface area contributed by atoms with Gasteiger partial charge < -0.3 is 9.67 Å². The Morgan fingerprint density at radius 2 is 2.04 bits per heavy atom. The van der Waals surface area contributed by atoms with E-state index in [0.29, 0.717) is 23.8 Å². The number of nitrogens with zero attached hydrogens (tertiary/aromatic N) is 4. The molecule has 3 heterocycles. The van der Waals surface area contributed by atoms with Crippen LogP contribution in [0.25, 0.3) is 28.1 Å². The van der Waals surface area contributed by atoms with Crippen molar-refractivity contribution in [3.05, 3.63) is 60.7 Å². The van der Waals surface area contributed by atoms with Crippen LogP contribution >= 0.6 is 0 Å². The molecule has 0 saturated heterocycles. The summed E-state index contributed by atoms with van der Waals surface area (Å²) in [4.78, 5) is 8.41. The van der Waals surface area contributed by atoms with E-state index in [1.807, 2.05) is 28.8 Å². The van der Waals surface area contributed by atoms with Crippen LogP contribution in [0.1, 0.15) is 18.6 Å². The van der Waals surface area contributed by atoms with Crippen LogP contribution in [0, 0.1) is 0 Å². The zero-order valence-corrected chi connectivity index (χ0v) is 13.8. The minimum atomic E-state index is -3.23. The molecular weight excluding hydrogens is 340 g/mol. The minimum absolute atomic E-state index is 0.0816. The normalized spacial score (nSPS) is 13.2. The molecule has 1 aromatic carbocycles. The van der Waals surface area contributed by atoms with Gasteiger partial charge in [-0.15, -0.1) is 0 Å². The Morgan fingerprint density at radius 1 is 1.19 bits per heavy atom. The predicted octanol–water partition coefficient (Wildman–Crippen LogP) is 3.50. The fourth-order valence-electron chi connectivity index (χ4n) is 2.84. The second-order valence-electron chi connectivity index (χ2n) is 6.11. The van der Waals surface area contributed by atoms with Crippen molar-refractivity contribution in [2.45, 2.75) is 19.0 Å². The summed E-state index contributed by atoms with van der Waals surface area (Å²) < 4.78 is 28.6. The van der Waals surface area contributed by atoms with Crippen molar-refractivity contribution < 1.29 is 13.9 Å². The molecule has 0 radical (unpaired) electrons. The molecule has 26 heavy (non-hydrogen) atoms. The van der Waals surface area contributed by atoms with Gasteiger partial charge in [-0.2, -0.15) is 5.10 Å². The van der Waals surface area contributed by atoms with E-state index in [1.165, 1.54) is 18.6 Å². The summed E-state index contributed by atoms with van der Waals surface area (Å²) in [7, 11) is 0. The molecule has 8 heteroatoms. The highest BCUT2D eigenvalue weighted by Crippen LogP contribution is 2.32. The number of aliphatic hydroxyl groups excluding tert-OH is 1. The summed E-state index contributed by atoms with van der Waals surface area (Å²) >= 11 is 0. The third-order valence-electron chi connectivity index (χ3n) is 4.16. The van der Waals surface area contributed by atoms with Crippen LogP contribution < -0.4 is 0 Å². The van der Waals surface area contributed by atoms with E-state index in [1.54, 1.807) is 12.3 Å². The second kappa shape index (κ2) is 5.99. The summed E-state index contributed by atoms with van der Waals surface area (Å²) in [5.74, 6) is -2.59. The van der Waals surface area contributed by atoms with E-state index < -0.39 is 12.0 Å². The lowest BCUT2D eigenvalue weighted by atomic mass is 10.1. The molecule has 6 nitrogen and oxygen atoms in total. The topological polar surface area (TPSA) is 79.6 Å². The first kappa shape index (κ1) is 16.3. The van der Waals surface area contributed by atoms with E-state index in [4.69, 9.17) is 0 Å². The molecule has 0 aliphatic carbocycles. The number of hydrogen-bond acceptors (Lipinski definition) is 4. The van der Waals surface area contributed by atoms with E-state index in [0.717, 1.165) is 11.3 Å². The third-order valence-corrected chi connectivity index (χ3v) is 4.16. The number of H-pyrrole nitrogens is 1. The first-order valence-corrected chi connectivity index (χ1v) is 7.92. The summed E-state index contributed by atoms with van der Waals surface area (Å²) in [6.07, 6.45) is 2.63. The second-order valence-corrected chi connectivity index (χ2v) is 6.11. The Bertz CT molecular complexity index is 1050. The van der Waals surface area contributed by atoms with Crippen LogP contribution in [0.2, 0.25) is 0 Å². The zero-order chi connectivity index (χ0) is 18.3. The average molecular weight is 355 g/mol. The van der Waals surface area contributed by atoms with Gasteiger partial charge in [0.2, 0.25) is 0 Å². The van der Waals surface area contributed by atoms with Gasteiger partial charge in [-0.1, -0.05) is 12.1 Å². The van der Waals surface area contributed by atoms with Crippen LogP contribution in [0.3, 0.4) is 0 Å². The number of aromatic nitrogens is 5. The molecule has 4 aromatic rings. The number of halogens is 2. The zero-order valence-electron chi connectivity index (χ0n) is 13.8. The molecule has 0 fully saturated rings. The molecule has 0 aliphatic heterocycles. The lowest BCUT2D eigenvalue weighted by molar-refractivity contribution is -0.0954. The molecule has 1 atom stereocenters. The van der Waals surface area contributed by atoms with Crippen molar-refractivity contribution in [1.29, 1.82) is 0 Å². The standard InChI is InChI=1S/C18H15F2N5O/c1-18(19,20)15(26)13-7-12-5-6-25(17(12)21-9-13)14-4-2-3-11(8-14)16-22-10-23-24-16/h2-10,15,26H,1H3,(H,22,23,24)/t15-/m0/s1. The summed E-state index contributed by atoms with van der Waals surface area (Å²) in [5, 5.41) is 17.1. The van der Waals surface area contributed by atoms with Gasteiger partial charge in [-0.3, -0.25) is 5.10 Å². The number of rotatable bonds is 4. The molecular formula is C18H15F2N5O. The smallest absolute Gasteiger partial charge is 0.274 e. The fourth-order valence-corrected chi connectivity index (χ4v) is 2.84. The Kier molecular flexibility index (Phi) is 3.77. The summed E-state index contributed by atoms with van der Waals surface area (Å²) in [6.45, 7) is 0.683. The van der Waals surface area contributed by atoms with Crippen LogP contribution in [-0.4, -0.2) is 35.8 Å². The van der Waals surface area contributed by atoms with Crippen molar-refractivity contribution in [2.75, 3.05) is 0 Å². The highest BCUT2D eigenvalue weighted by molar-refractivity contribution is 5.79. The van der Waals surface area contributed by atoms with Gasteiger partial charge >= 0.3 is 0 Å². The van der Waals surface area contributed by atoms with E-state index in [9.17, 15) is 13.9 Å². The van der Waals surface area contributed by atoms with Crippen molar-refractivity contribution in [3.63, 3.8) is 0 Å². The fraction of sp³-hybridized carbons (Fsp3) is 0.167. The SMILES string of the molecule is CC(F)(F)[C@@H](O)c1cnc2c(ccn2-c2cccc(-c3ncn[nH]3)c2)c1. The third kappa shape index (κ3) is 2.84. The van der Waals surface area contributed by atoms with Crippen molar-refractivity contribution in [3.8, 4) is 17.1 Å². The quantitative estimate of drug-likeness (QED) is 0.587. The van der Waals surface area contributed by atoms with Crippen molar-refractivity contribution in [2.24, 2.45) is 0 Å². The molecule has 4 rings (SSSR count). The van der Waals surface area contributed by atoms with Crippen LogP contribution in [0.5, 0.6) is 0 Å². The molecule has 0 bridgehead atoms. The number of pyridine rings is 1. The highest BCUT2D eigenvalue weighted by atomic mass is 19.3. The molecule has 0 amide bonds. The maximum absolute atomic E-state index is 13.4. The van der Waals surface area contributed by atoms with Gasteiger partial charge in [0.25, 0.3) is 5.92 Å². The molecule has 3 aromatic heterocycles. The Hall–Kier alpha value is -3.13. The molecule has 132 valence electrons. The van der Waals surface area contributed by atoms with Gasteiger partial charge in [0, 0.05) is 41.5 Å². The van der Waals surface area contributed by atoms with E-state index in [-0.39, 0.29) is 5.56 Å². The lowest BCUT2D eigenvalue weighted by Crippen LogP contribution is -2.21. The van der Waals surface area contributed by atoms with Crippen LogP contribution in [-0.2, 0) is 0 Å². The lowest BCUT2D eigenvalue weighted by Gasteiger charge is -2.18. The number of benzene rings is 1. The number of aliphatic hydroxyl groups is 1. The van der Waals surface area contributed by atoms with Crippen LogP contribution in [0.15, 0.2) is 55.1 Å². The molecule has 2 N–H and O–H groups in total. The predicted molar refractivity (Wildman–Crippen MR) is 92.0 cm³/mol. The molecule has 0 unspecified atom stereocenters. The number of fused-ring (bicyclic) bond motifs is 1. The number of alkyl halides is 2. The van der Waals surface area contributed by atoms with E-state index in [2.05, 4.69) is 20.2 Å². The van der Waals surface area contributed by atoms with Gasteiger partial charge in [0.1, 0.15) is 18.1 Å². The Labute approximate surface area is 147 Å². The molecule has 0 saturated carbocycles. The number of hydrogen-bond donors (Lipinski definition) is 2. The first-order valence-electron chi connectivity index (χ1n) is 7.92. The van der Waals surface area contributed by atoms with Gasteiger partial charge in [-0.25, -0.2) is 18.7 Å². The number of nitrogens with one attached hydrogen (secondary N) is 1. The molecule has 0 spiro atoms. The highest BCUT2D eigenvalue weighted by Gasteiger charge is 2.34. The van der Waals surface area contributed by atoms with Crippen LogP contribution in [0.4, 0.5) is 8.78 Å². The van der Waals surface area contributed by atoms with Gasteiger partial charge in [0.15, 0.2) is 5.82 Å². The monoisotopic (exact) mass is 355 g/mol. The Morgan fingerprint density at radius 3 is 2.77 bits per heavy atom.